The number of nitrogens with two attached hydrogens (primary N) is 1. The average Bonchev–Trinajstić information content (AvgIpc) is 2.29. The summed E-state index contributed by atoms with van der Waals surface area (Å²) < 4.78 is 0. The average molecular weight is 253 g/mol. The topological polar surface area (TPSA) is 46.3 Å². The third-order valence-corrected chi connectivity index (χ3v) is 3.61. The monoisotopic (exact) mass is 252 g/mol. The summed E-state index contributed by atoms with van der Waals surface area (Å²) in [5.41, 5.74) is 6.75. The van der Waals surface area contributed by atoms with Crippen molar-refractivity contribution in [3.63, 3.8) is 0 Å². The van der Waals surface area contributed by atoms with E-state index in [1.165, 1.54) is 0 Å². The van der Waals surface area contributed by atoms with Gasteiger partial charge in [0.05, 0.1) is 10.6 Å². The molecule has 1 aromatic rings. The third kappa shape index (κ3) is 2.72. The first-order valence-electron chi connectivity index (χ1n) is 5.92. The van der Waals surface area contributed by atoms with Crippen molar-refractivity contribution < 1.29 is 4.79 Å². The SMILES string of the molecule is CC1CCN(C(=O)c2ccc(N)cc2Cl)CC1. The number of carbonyl (C=O) groups excluding carboxylic acids is 1. The predicted octanol–water partition coefficient (Wildman–Crippen LogP) is 2.79. The van der Waals surface area contributed by atoms with Crippen molar-refractivity contribution in [2.75, 3.05) is 18.8 Å². The van der Waals surface area contributed by atoms with E-state index in [2.05, 4.69) is 6.92 Å². The molecule has 0 radical (unpaired) electrons. The highest BCUT2D eigenvalue weighted by molar-refractivity contribution is 6.34. The lowest BCUT2D eigenvalue weighted by atomic mass is 9.98. The van der Waals surface area contributed by atoms with Crippen molar-refractivity contribution in [3.8, 4) is 0 Å². The maximum atomic E-state index is 12.2. The molecule has 0 unspecified atom stereocenters. The van der Waals surface area contributed by atoms with Gasteiger partial charge in [0.15, 0.2) is 0 Å². The Bertz CT molecular complexity index is 425. The number of carbonyl (C=O) groups is 1. The molecule has 1 aromatic carbocycles. The van der Waals surface area contributed by atoms with Crippen LogP contribution in [0.25, 0.3) is 0 Å². The van der Waals surface area contributed by atoms with Gasteiger partial charge >= 0.3 is 0 Å². The van der Waals surface area contributed by atoms with Crippen LogP contribution in [0.5, 0.6) is 0 Å². The molecular weight excluding hydrogens is 236 g/mol. The Labute approximate surface area is 107 Å². The summed E-state index contributed by atoms with van der Waals surface area (Å²) in [6, 6.07) is 5.05. The van der Waals surface area contributed by atoms with Crippen LogP contribution in [-0.4, -0.2) is 23.9 Å². The van der Waals surface area contributed by atoms with E-state index in [4.69, 9.17) is 17.3 Å². The molecule has 1 aliphatic rings. The molecular formula is C13H17ClN2O. The molecule has 3 nitrogen and oxygen atoms in total. The minimum Gasteiger partial charge on any atom is -0.399 e. The lowest BCUT2D eigenvalue weighted by molar-refractivity contribution is 0.0697. The molecule has 1 amide bonds. The van der Waals surface area contributed by atoms with Gasteiger partial charge in [0, 0.05) is 18.8 Å². The van der Waals surface area contributed by atoms with Crippen LogP contribution in [0.4, 0.5) is 5.69 Å². The fourth-order valence-electron chi connectivity index (χ4n) is 2.09. The number of anilines is 1. The number of piperidine rings is 1. The second kappa shape index (κ2) is 4.96. The Morgan fingerprint density at radius 2 is 2.06 bits per heavy atom. The summed E-state index contributed by atoms with van der Waals surface area (Å²) >= 11 is 6.04. The van der Waals surface area contributed by atoms with Gasteiger partial charge in [0.1, 0.15) is 0 Å². The van der Waals surface area contributed by atoms with Crippen LogP contribution in [0.2, 0.25) is 5.02 Å². The van der Waals surface area contributed by atoms with Crippen molar-refractivity contribution in [3.05, 3.63) is 28.8 Å². The summed E-state index contributed by atoms with van der Waals surface area (Å²) in [6.07, 6.45) is 2.14. The number of hydrogen-bond donors (Lipinski definition) is 1. The highest BCUT2D eigenvalue weighted by Crippen LogP contribution is 2.23. The summed E-state index contributed by atoms with van der Waals surface area (Å²) in [5, 5.41) is 0.439. The molecule has 1 aliphatic heterocycles. The first kappa shape index (κ1) is 12.2. The van der Waals surface area contributed by atoms with Crippen LogP contribution < -0.4 is 5.73 Å². The molecule has 0 aromatic heterocycles. The van der Waals surface area contributed by atoms with Crippen LogP contribution in [0, 0.1) is 5.92 Å². The van der Waals surface area contributed by atoms with E-state index in [1.807, 2.05) is 4.90 Å². The summed E-state index contributed by atoms with van der Waals surface area (Å²) in [7, 11) is 0. The van der Waals surface area contributed by atoms with E-state index in [-0.39, 0.29) is 5.91 Å². The molecule has 0 bridgehead atoms. The molecule has 2 rings (SSSR count). The second-order valence-corrected chi connectivity index (χ2v) is 5.12. The fraction of sp³-hybridized carbons (Fsp3) is 0.462. The van der Waals surface area contributed by atoms with E-state index in [0.717, 1.165) is 25.9 Å². The van der Waals surface area contributed by atoms with Crippen molar-refractivity contribution in [1.29, 1.82) is 0 Å². The number of nitrogen functional groups attached to an aromatic ring is 1. The Hall–Kier alpha value is -1.22. The molecule has 17 heavy (non-hydrogen) atoms. The number of benzene rings is 1. The molecule has 0 saturated carbocycles. The van der Waals surface area contributed by atoms with E-state index < -0.39 is 0 Å². The molecule has 0 spiro atoms. The number of halogens is 1. The Kier molecular flexibility index (Phi) is 3.57. The number of nitrogens with zero attached hydrogens (tertiary/aromatic N) is 1. The van der Waals surface area contributed by atoms with Gasteiger partial charge in [-0.05, 0) is 37.0 Å². The minimum absolute atomic E-state index is 0.0156. The largest absolute Gasteiger partial charge is 0.399 e. The zero-order chi connectivity index (χ0) is 12.4. The maximum Gasteiger partial charge on any atom is 0.255 e. The summed E-state index contributed by atoms with van der Waals surface area (Å²) in [6.45, 7) is 3.86. The van der Waals surface area contributed by atoms with Gasteiger partial charge in [-0.3, -0.25) is 4.79 Å². The summed E-state index contributed by atoms with van der Waals surface area (Å²) in [4.78, 5) is 14.1. The first-order chi connectivity index (χ1) is 8.08. The number of amides is 1. The smallest absolute Gasteiger partial charge is 0.255 e. The van der Waals surface area contributed by atoms with Gasteiger partial charge in [0.25, 0.3) is 5.91 Å². The second-order valence-electron chi connectivity index (χ2n) is 4.71. The normalized spacial score (nSPS) is 17.2. The van der Waals surface area contributed by atoms with Gasteiger partial charge in [-0.2, -0.15) is 0 Å². The van der Waals surface area contributed by atoms with Gasteiger partial charge in [0.2, 0.25) is 0 Å². The zero-order valence-corrected chi connectivity index (χ0v) is 10.7. The highest BCUT2D eigenvalue weighted by Gasteiger charge is 2.22. The van der Waals surface area contributed by atoms with Crippen LogP contribution in [0.15, 0.2) is 18.2 Å². The third-order valence-electron chi connectivity index (χ3n) is 3.29. The minimum atomic E-state index is 0.0156. The predicted molar refractivity (Wildman–Crippen MR) is 70.2 cm³/mol. The van der Waals surface area contributed by atoms with Crippen molar-refractivity contribution in [2.24, 2.45) is 5.92 Å². The van der Waals surface area contributed by atoms with Gasteiger partial charge < -0.3 is 10.6 Å². The van der Waals surface area contributed by atoms with Crippen molar-refractivity contribution >= 4 is 23.2 Å². The lowest BCUT2D eigenvalue weighted by Gasteiger charge is -2.30. The van der Waals surface area contributed by atoms with Gasteiger partial charge in [-0.15, -0.1) is 0 Å². The molecule has 92 valence electrons. The van der Waals surface area contributed by atoms with Crippen LogP contribution in [0.1, 0.15) is 30.1 Å². The molecule has 1 saturated heterocycles. The quantitative estimate of drug-likeness (QED) is 0.782. The molecule has 0 atom stereocenters. The Morgan fingerprint density at radius 3 is 2.65 bits per heavy atom. The molecule has 2 N–H and O–H groups in total. The highest BCUT2D eigenvalue weighted by atomic mass is 35.5. The van der Waals surface area contributed by atoms with Crippen molar-refractivity contribution in [1.82, 2.24) is 4.90 Å². The van der Waals surface area contributed by atoms with Crippen LogP contribution >= 0.6 is 11.6 Å². The van der Waals surface area contributed by atoms with Crippen molar-refractivity contribution in [2.45, 2.75) is 19.8 Å². The summed E-state index contributed by atoms with van der Waals surface area (Å²) in [5.74, 6) is 0.725. The van der Waals surface area contributed by atoms with E-state index >= 15 is 0 Å². The van der Waals surface area contributed by atoms with E-state index in [9.17, 15) is 4.79 Å². The maximum absolute atomic E-state index is 12.2. The Morgan fingerprint density at radius 1 is 1.41 bits per heavy atom. The standard InChI is InChI=1S/C13H17ClN2O/c1-9-4-6-16(7-5-9)13(17)11-3-2-10(15)8-12(11)14/h2-3,8-9H,4-7,15H2,1H3. The van der Waals surface area contributed by atoms with Gasteiger partial charge in [-0.1, -0.05) is 18.5 Å². The van der Waals surface area contributed by atoms with Crippen LogP contribution in [-0.2, 0) is 0 Å². The first-order valence-corrected chi connectivity index (χ1v) is 6.30. The Balaban J connectivity index is 2.14. The fourth-order valence-corrected chi connectivity index (χ4v) is 2.36. The van der Waals surface area contributed by atoms with E-state index in [1.54, 1.807) is 18.2 Å². The van der Waals surface area contributed by atoms with Gasteiger partial charge in [-0.25, -0.2) is 0 Å². The van der Waals surface area contributed by atoms with E-state index in [0.29, 0.717) is 22.2 Å². The number of hydrogen-bond acceptors (Lipinski definition) is 2. The number of likely N-dealkylation sites (tertiary alicyclic amines) is 1. The molecule has 1 fully saturated rings. The molecule has 4 heteroatoms. The van der Waals surface area contributed by atoms with Crippen LogP contribution in [0.3, 0.4) is 0 Å². The lowest BCUT2D eigenvalue weighted by Crippen LogP contribution is -2.38. The number of rotatable bonds is 1. The zero-order valence-electron chi connectivity index (χ0n) is 9.95. The molecule has 0 aliphatic carbocycles. The molecule has 1 heterocycles.